The molecule has 0 amide bonds. The predicted molar refractivity (Wildman–Crippen MR) is 54.9 cm³/mol. The van der Waals surface area contributed by atoms with Crippen molar-refractivity contribution in [3.8, 4) is 0 Å². The number of nitrogens with zero attached hydrogens (tertiary/aromatic N) is 2. The second kappa shape index (κ2) is 6.29. The van der Waals surface area contributed by atoms with Gasteiger partial charge in [-0.2, -0.15) is 0 Å². The van der Waals surface area contributed by atoms with Crippen molar-refractivity contribution in [1.82, 2.24) is 9.55 Å². The van der Waals surface area contributed by atoms with E-state index in [9.17, 15) is 0 Å². The fourth-order valence-electron chi connectivity index (χ4n) is 0.917. The molecule has 0 aliphatic rings. The lowest BCUT2D eigenvalue weighted by Gasteiger charge is -2.07. The van der Waals surface area contributed by atoms with Crippen molar-refractivity contribution in [3.05, 3.63) is 18.2 Å². The van der Waals surface area contributed by atoms with Crippen LogP contribution in [0.4, 0.5) is 0 Å². The molecule has 1 aromatic heterocycles. The molecule has 3 nitrogen and oxygen atoms in total. The summed E-state index contributed by atoms with van der Waals surface area (Å²) in [4.78, 5) is 4.12. The number of nitrogens with two attached hydrogens (primary N) is 1. The van der Waals surface area contributed by atoms with Crippen LogP contribution < -0.4 is 5.73 Å². The topological polar surface area (TPSA) is 43.8 Å². The minimum atomic E-state index is 0. The van der Waals surface area contributed by atoms with Crippen molar-refractivity contribution in [2.45, 2.75) is 19.4 Å². The second-order valence-corrected chi connectivity index (χ2v) is 2.41. The van der Waals surface area contributed by atoms with Gasteiger partial charge in [-0.25, -0.2) is 4.98 Å². The van der Waals surface area contributed by atoms with Crippen LogP contribution in [0.5, 0.6) is 0 Å². The molecule has 2 N–H and O–H groups in total. The number of hydrogen-bond donors (Lipinski definition) is 1. The van der Waals surface area contributed by atoms with Gasteiger partial charge in [-0.1, -0.05) is 6.92 Å². The Labute approximate surface area is 85.2 Å². The van der Waals surface area contributed by atoms with Crippen LogP contribution in [0.15, 0.2) is 12.4 Å². The molecule has 1 heterocycles. The van der Waals surface area contributed by atoms with Crippen LogP contribution in [0.3, 0.4) is 0 Å². The minimum Gasteiger partial charge on any atom is -0.337 e. The zero-order chi connectivity index (χ0) is 7.56. The highest BCUT2D eigenvalue weighted by Crippen LogP contribution is 2.08. The lowest BCUT2D eigenvalue weighted by Crippen LogP contribution is -2.13. The van der Waals surface area contributed by atoms with E-state index in [0.29, 0.717) is 0 Å². The number of hydrogen-bond acceptors (Lipinski definition) is 2. The molecule has 0 fully saturated rings. The largest absolute Gasteiger partial charge is 0.337 e. The molecule has 0 aliphatic carbocycles. The van der Waals surface area contributed by atoms with Crippen LogP contribution in [0, 0.1) is 0 Å². The summed E-state index contributed by atoms with van der Waals surface area (Å²) in [6, 6.07) is 0.0833. The Morgan fingerprint density at radius 1 is 1.58 bits per heavy atom. The molecule has 1 atom stereocenters. The van der Waals surface area contributed by atoms with Gasteiger partial charge in [0.25, 0.3) is 0 Å². The normalized spacial score (nSPS) is 11.2. The first-order valence-electron chi connectivity index (χ1n) is 3.48. The molecule has 0 saturated heterocycles. The van der Waals surface area contributed by atoms with Crippen LogP contribution >= 0.6 is 24.8 Å². The second-order valence-electron chi connectivity index (χ2n) is 2.41. The molecule has 0 radical (unpaired) electrons. The number of aromatic nitrogens is 2. The van der Waals surface area contributed by atoms with E-state index in [2.05, 4.69) is 11.9 Å². The van der Waals surface area contributed by atoms with E-state index in [4.69, 9.17) is 5.73 Å². The molecule has 5 heteroatoms. The quantitative estimate of drug-likeness (QED) is 0.810. The minimum absolute atomic E-state index is 0. The van der Waals surface area contributed by atoms with E-state index in [-0.39, 0.29) is 30.9 Å². The predicted octanol–water partition coefficient (Wildman–Crippen LogP) is 1.67. The molecule has 0 aromatic carbocycles. The summed E-state index contributed by atoms with van der Waals surface area (Å²) in [5, 5.41) is 0. The zero-order valence-electron chi connectivity index (χ0n) is 7.23. The first-order chi connectivity index (χ1) is 4.75. The first-order valence-corrected chi connectivity index (χ1v) is 3.48. The van der Waals surface area contributed by atoms with Gasteiger partial charge < -0.3 is 10.3 Å². The van der Waals surface area contributed by atoms with Crippen molar-refractivity contribution in [2.24, 2.45) is 12.8 Å². The molecule has 0 aliphatic heterocycles. The first kappa shape index (κ1) is 14.3. The maximum absolute atomic E-state index is 5.76. The molecule has 12 heavy (non-hydrogen) atoms. The van der Waals surface area contributed by atoms with Crippen LogP contribution in [0.1, 0.15) is 25.2 Å². The van der Waals surface area contributed by atoms with Crippen molar-refractivity contribution < 1.29 is 0 Å². The van der Waals surface area contributed by atoms with Crippen LogP contribution in [0.25, 0.3) is 0 Å². The van der Waals surface area contributed by atoms with Gasteiger partial charge in [0.2, 0.25) is 0 Å². The number of imidazole rings is 1. The SMILES string of the molecule is CCC(N)c1nccn1C.Cl.Cl. The monoisotopic (exact) mass is 211 g/mol. The van der Waals surface area contributed by atoms with Crippen LogP contribution in [-0.4, -0.2) is 9.55 Å². The highest BCUT2D eigenvalue weighted by Gasteiger charge is 2.06. The van der Waals surface area contributed by atoms with E-state index in [1.54, 1.807) is 6.20 Å². The summed E-state index contributed by atoms with van der Waals surface area (Å²) in [6.07, 6.45) is 4.61. The van der Waals surface area contributed by atoms with E-state index in [0.717, 1.165) is 12.2 Å². The molecule has 1 aromatic rings. The van der Waals surface area contributed by atoms with Gasteiger partial charge in [-0.15, -0.1) is 24.8 Å². The molecule has 72 valence electrons. The lowest BCUT2D eigenvalue weighted by molar-refractivity contribution is 0.617. The highest BCUT2D eigenvalue weighted by atomic mass is 35.5. The molecular formula is C7H15Cl2N3. The summed E-state index contributed by atoms with van der Waals surface area (Å²) in [7, 11) is 1.96. The Hall–Kier alpha value is -0.250. The van der Waals surface area contributed by atoms with Gasteiger partial charge in [0, 0.05) is 19.4 Å². The average Bonchev–Trinajstić information content (AvgIpc) is 2.34. The average molecular weight is 212 g/mol. The fraction of sp³-hybridized carbons (Fsp3) is 0.571. The summed E-state index contributed by atoms with van der Waals surface area (Å²) in [5.74, 6) is 0.961. The van der Waals surface area contributed by atoms with Gasteiger partial charge in [-0.05, 0) is 6.42 Å². The Bertz CT molecular complexity index is 212. The third-order valence-electron chi connectivity index (χ3n) is 1.63. The van der Waals surface area contributed by atoms with Gasteiger partial charge in [-0.3, -0.25) is 0 Å². The highest BCUT2D eigenvalue weighted by molar-refractivity contribution is 5.85. The number of halogens is 2. The fourth-order valence-corrected chi connectivity index (χ4v) is 0.917. The standard InChI is InChI=1S/C7H13N3.2ClH/c1-3-6(8)7-9-4-5-10(7)2;;/h4-6H,3,8H2,1-2H3;2*1H. The van der Waals surface area contributed by atoms with Gasteiger partial charge >= 0.3 is 0 Å². The van der Waals surface area contributed by atoms with E-state index in [1.165, 1.54) is 0 Å². The Balaban J connectivity index is 0. The Morgan fingerprint density at radius 2 is 2.17 bits per heavy atom. The summed E-state index contributed by atoms with van der Waals surface area (Å²) >= 11 is 0. The van der Waals surface area contributed by atoms with E-state index < -0.39 is 0 Å². The maximum Gasteiger partial charge on any atom is 0.125 e. The summed E-state index contributed by atoms with van der Waals surface area (Å²) in [5.41, 5.74) is 5.76. The van der Waals surface area contributed by atoms with Crippen molar-refractivity contribution in [1.29, 1.82) is 0 Å². The molecule has 0 saturated carbocycles. The maximum atomic E-state index is 5.76. The van der Waals surface area contributed by atoms with Gasteiger partial charge in [0.15, 0.2) is 0 Å². The third kappa shape index (κ3) is 3.01. The lowest BCUT2D eigenvalue weighted by atomic mass is 10.2. The molecular weight excluding hydrogens is 197 g/mol. The van der Waals surface area contributed by atoms with Crippen LogP contribution in [-0.2, 0) is 7.05 Å². The molecule has 1 unspecified atom stereocenters. The third-order valence-corrected chi connectivity index (χ3v) is 1.63. The van der Waals surface area contributed by atoms with Gasteiger partial charge in [0.1, 0.15) is 5.82 Å². The molecule has 0 spiro atoms. The molecule has 0 bridgehead atoms. The van der Waals surface area contributed by atoms with Crippen molar-refractivity contribution in [2.75, 3.05) is 0 Å². The van der Waals surface area contributed by atoms with E-state index in [1.807, 2.05) is 17.8 Å². The van der Waals surface area contributed by atoms with E-state index >= 15 is 0 Å². The zero-order valence-corrected chi connectivity index (χ0v) is 8.86. The van der Waals surface area contributed by atoms with Crippen LogP contribution in [0.2, 0.25) is 0 Å². The Kier molecular flexibility index (Phi) is 7.48. The number of aryl methyl sites for hydroxylation is 1. The van der Waals surface area contributed by atoms with Crippen molar-refractivity contribution in [3.63, 3.8) is 0 Å². The van der Waals surface area contributed by atoms with Gasteiger partial charge in [0.05, 0.1) is 6.04 Å². The summed E-state index contributed by atoms with van der Waals surface area (Å²) in [6.45, 7) is 2.05. The van der Waals surface area contributed by atoms with Crippen molar-refractivity contribution >= 4 is 24.8 Å². The smallest absolute Gasteiger partial charge is 0.125 e. The summed E-state index contributed by atoms with van der Waals surface area (Å²) < 4.78 is 1.95. The number of rotatable bonds is 2. The molecule has 1 rings (SSSR count). The Morgan fingerprint density at radius 3 is 2.50 bits per heavy atom.